The Morgan fingerprint density at radius 3 is 2.29 bits per heavy atom. The monoisotopic (exact) mass is 221 g/mol. The van der Waals surface area contributed by atoms with E-state index in [1.807, 2.05) is 0 Å². The predicted molar refractivity (Wildman–Crippen MR) is 61.0 cm³/mol. The number of nitrogens with two attached hydrogens (primary N) is 1. The zero-order valence-corrected chi connectivity index (χ0v) is 10.3. The van der Waals surface area contributed by atoms with Gasteiger partial charge in [-0.15, -0.1) is 0 Å². The lowest BCUT2D eigenvalue weighted by Gasteiger charge is -2.17. The lowest BCUT2D eigenvalue weighted by molar-refractivity contribution is 0.417. The molecular weight excluding hydrogens is 198 g/mol. The fourth-order valence-corrected chi connectivity index (χ4v) is 2.17. The lowest BCUT2D eigenvalue weighted by Crippen LogP contribution is -2.28. The zero-order valence-electron chi connectivity index (χ0n) is 9.49. The van der Waals surface area contributed by atoms with E-state index in [1.54, 1.807) is 6.92 Å². The maximum Gasteiger partial charge on any atom is 0.150 e. The Labute approximate surface area is 88.0 Å². The van der Waals surface area contributed by atoms with Gasteiger partial charge in [0.2, 0.25) is 0 Å². The van der Waals surface area contributed by atoms with E-state index in [0.29, 0.717) is 12.3 Å². The molecule has 0 aliphatic heterocycles. The van der Waals surface area contributed by atoms with E-state index in [9.17, 15) is 8.42 Å². The summed E-state index contributed by atoms with van der Waals surface area (Å²) >= 11 is 0. The van der Waals surface area contributed by atoms with E-state index >= 15 is 0 Å². The molecule has 0 saturated heterocycles. The van der Waals surface area contributed by atoms with Crippen LogP contribution in [0.5, 0.6) is 0 Å². The molecular formula is C10H23NO2S. The second-order valence-electron chi connectivity index (χ2n) is 3.93. The van der Waals surface area contributed by atoms with Crippen LogP contribution in [0.2, 0.25) is 0 Å². The number of sulfone groups is 1. The minimum Gasteiger partial charge on any atom is -0.327 e. The van der Waals surface area contributed by atoms with Gasteiger partial charge in [-0.25, -0.2) is 8.42 Å². The van der Waals surface area contributed by atoms with E-state index in [4.69, 9.17) is 5.73 Å². The molecule has 2 N–H and O–H groups in total. The summed E-state index contributed by atoms with van der Waals surface area (Å²) in [7, 11) is -2.80. The van der Waals surface area contributed by atoms with Crippen LogP contribution in [0.3, 0.4) is 0 Å². The number of rotatable bonds is 7. The van der Waals surface area contributed by atoms with Crippen molar-refractivity contribution in [2.45, 2.75) is 46.1 Å². The molecule has 0 rings (SSSR count). The summed E-state index contributed by atoms with van der Waals surface area (Å²) < 4.78 is 22.4. The summed E-state index contributed by atoms with van der Waals surface area (Å²) in [5.41, 5.74) is 5.90. The molecule has 0 spiro atoms. The molecule has 0 radical (unpaired) electrons. The van der Waals surface area contributed by atoms with Crippen molar-refractivity contribution in [3.63, 3.8) is 0 Å². The first-order chi connectivity index (χ1) is 6.43. The van der Waals surface area contributed by atoms with Crippen LogP contribution in [-0.4, -0.2) is 26.0 Å². The van der Waals surface area contributed by atoms with Crippen LogP contribution in [0, 0.1) is 5.92 Å². The molecule has 0 aromatic heterocycles. The zero-order chi connectivity index (χ0) is 11.2. The normalized spacial score (nSPS) is 16.6. The first-order valence-corrected chi connectivity index (χ1v) is 7.21. The largest absolute Gasteiger partial charge is 0.327 e. The van der Waals surface area contributed by atoms with Crippen LogP contribution >= 0.6 is 0 Å². The molecule has 4 heteroatoms. The summed E-state index contributed by atoms with van der Waals surface area (Å²) in [5.74, 6) is 1.01. The van der Waals surface area contributed by atoms with Crippen molar-refractivity contribution in [2.75, 3.05) is 11.5 Å². The third-order valence-electron chi connectivity index (χ3n) is 2.81. The summed E-state index contributed by atoms with van der Waals surface area (Å²) in [6.07, 6.45) is 2.57. The highest BCUT2D eigenvalue weighted by molar-refractivity contribution is 7.91. The van der Waals surface area contributed by atoms with Gasteiger partial charge in [0.05, 0.1) is 5.75 Å². The first kappa shape index (κ1) is 13.9. The molecule has 3 nitrogen and oxygen atoms in total. The SMILES string of the molecule is CCC(C)C(N)CCCS(=O)(=O)CC. The van der Waals surface area contributed by atoms with Crippen LogP contribution in [0.25, 0.3) is 0 Å². The van der Waals surface area contributed by atoms with Gasteiger partial charge in [0.25, 0.3) is 0 Å². The molecule has 0 bridgehead atoms. The lowest BCUT2D eigenvalue weighted by atomic mass is 9.96. The second kappa shape index (κ2) is 6.40. The Morgan fingerprint density at radius 2 is 1.86 bits per heavy atom. The first-order valence-electron chi connectivity index (χ1n) is 5.39. The van der Waals surface area contributed by atoms with Crippen LogP contribution in [0.4, 0.5) is 0 Å². The fraction of sp³-hybridized carbons (Fsp3) is 1.00. The average Bonchev–Trinajstić information content (AvgIpc) is 2.16. The van der Waals surface area contributed by atoms with Gasteiger partial charge in [-0.1, -0.05) is 27.2 Å². The Balaban J connectivity index is 3.75. The van der Waals surface area contributed by atoms with Crippen molar-refractivity contribution < 1.29 is 8.42 Å². The van der Waals surface area contributed by atoms with E-state index < -0.39 is 9.84 Å². The molecule has 0 aliphatic carbocycles. The van der Waals surface area contributed by atoms with Crippen molar-refractivity contribution in [2.24, 2.45) is 11.7 Å². The van der Waals surface area contributed by atoms with Gasteiger partial charge in [-0.3, -0.25) is 0 Å². The number of hydrogen-bond acceptors (Lipinski definition) is 3. The molecule has 86 valence electrons. The second-order valence-corrected chi connectivity index (χ2v) is 6.40. The molecule has 0 heterocycles. The quantitative estimate of drug-likeness (QED) is 0.710. The topological polar surface area (TPSA) is 60.2 Å². The molecule has 2 unspecified atom stereocenters. The smallest absolute Gasteiger partial charge is 0.150 e. The molecule has 0 amide bonds. The van der Waals surface area contributed by atoms with E-state index in [-0.39, 0.29) is 17.5 Å². The molecule has 0 saturated carbocycles. The Bertz CT molecular complexity index is 237. The predicted octanol–water partition coefficient (Wildman–Crippen LogP) is 1.57. The van der Waals surface area contributed by atoms with E-state index in [2.05, 4.69) is 13.8 Å². The maximum absolute atomic E-state index is 11.2. The highest BCUT2D eigenvalue weighted by atomic mass is 32.2. The Morgan fingerprint density at radius 1 is 1.29 bits per heavy atom. The number of hydrogen-bond donors (Lipinski definition) is 1. The third kappa shape index (κ3) is 5.60. The Kier molecular flexibility index (Phi) is 6.36. The average molecular weight is 221 g/mol. The van der Waals surface area contributed by atoms with Crippen LogP contribution in [0.1, 0.15) is 40.0 Å². The van der Waals surface area contributed by atoms with Crippen molar-refractivity contribution in [3.8, 4) is 0 Å². The molecule has 0 aromatic carbocycles. The summed E-state index contributed by atoms with van der Waals surface area (Å²) in [5, 5.41) is 0. The van der Waals surface area contributed by atoms with Crippen LogP contribution in [-0.2, 0) is 9.84 Å². The third-order valence-corrected chi connectivity index (χ3v) is 4.60. The molecule has 0 fully saturated rings. The van der Waals surface area contributed by atoms with Gasteiger partial charge in [0.1, 0.15) is 9.84 Å². The summed E-state index contributed by atoms with van der Waals surface area (Å²) in [6.45, 7) is 5.90. The summed E-state index contributed by atoms with van der Waals surface area (Å²) in [4.78, 5) is 0. The summed E-state index contributed by atoms with van der Waals surface area (Å²) in [6, 6.07) is 0.145. The van der Waals surface area contributed by atoms with E-state index in [1.165, 1.54) is 0 Å². The maximum atomic E-state index is 11.2. The minimum absolute atomic E-state index is 0.145. The van der Waals surface area contributed by atoms with Gasteiger partial charge in [0.15, 0.2) is 0 Å². The molecule has 2 atom stereocenters. The molecule has 14 heavy (non-hydrogen) atoms. The van der Waals surface area contributed by atoms with Gasteiger partial charge in [-0.05, 0) is 18.8 Å². The van der Waals surface area contributed by atoms with Crippen LogP contribution in [0.15, 0.2) is 0 Å². The standard InChI is InChI=1S/C10H23NO2S/c1-4-9(3)10(11)7-6-8-14(12,13)5-2/h9-10H,4-8,11H2,1-3H3. The van der Waals surface area contributed by atoms with E-state index in [0.717, 1.165) is 12.8 Å². The van der Waals surface area contributed by atoms with Gasteiger partial charge in [-0.2, -0.15) is 0 Å². The van der Waals surface area contributed by atoms with Gasteiger partial charge >= 0.3 is 0 Å². The van der Waals surface area contributed by atoms with Crippen LogP contribution < -0.4 is 5.73 Å². The van der Waals surface area contributed by atoms with Crippen molar-refractivity contribution >= 4 is 9.84 Å². The Hall–Kier alpha value is -0.0900. The highest BCUT2D eigenvalue weighted by Crippen LogP contribution is 2.11. The highest BCUT2D eigenvalue weighted by Gasteiger charge is 2.12. The van der Waals surface area contributed by atoms with Crippen molar-refractivity contribution in [3.05, 3.63) is 0 Å². The fourth-order valence-electron chi connectivity index (χ4n) is 1.27. The van der Waals surface area contributed by atoms with Crippen molar-refractivity contribution in [1.82, 2.24) is 0 Å². The van der Waals surface area contributed by atoms with Gasteiger partial charge < -0.3 is 5.73 Å². The molecule has 0 aliphatic rings. The minimum atomic E-state index is -2.80. The molecule has 0 aromatic rings. The van der Waals surface area contributed by atoms with Crippen molar-refractivity contribution in [1.29, 1.82) is 0 Å². The van der Waals surface area contributed by atoms with Gasteiger partial charge in [0, 0.05) is 11.8 Å².